The van der Waals surface area contributed by atoms with E-state index in [4.69, 9.17) is 17.0 Å². The number of carbonyl (C=O) groups excluding carboxylic acids is 1. The van der Waals surface area contributed by atoms with Crippen molar-refractivity contribution < 1.29 is 9.53 Å². The van der Waals surface area contributed by atoms with Gasteiger partial charge in [0.2, 0.25) is 5.91 Å². The first-order chi connectivity index (χ1) is 11.5. The largest absolute Gasteiger partial charge is 0.497 e. The third-order valence-electron chi connectivity index (χ3n) is 4.22. The van der Waals surface area contributed by atoms with Crippen LogP contribution in [0.4, 0.5) is 0 Å². The number of methoxy groups -OCH3 is 1. The van der Waals surface area contributed by atoms with E-state index >= 15 is 0 Å². The average Bonchev–Trinajstić information content (AvgIpc) is 3.00. The number of likely N-dealkylation sites (tertiary alicyclic amines) is 1. The van der Waals surface area contributed by atoms with Gasteiger partial charge in [0.15, 0.2) is 5.11 Å². The summed E-state index contributed by atoms with van der Waals surface area (Å²) in [5.74, 6) is 0.856. The summed E-state index contributed by atoms with van der Waals surface area (Å²) in [5, 5.41) is 6.94. The van der Waals surface area contributed by atoms with E-state index in [0.717, 1.165) is 24.4 Å². The molecule has 2 N–H and O–H groups in total. The van der Waals surface area contributed by atoms with E-state index in [1.54, 1.807) is 7.11 Å². The van der Waals surface area contributed by atoms with E-state index in [1.807, 2.05) is 39.0 Å². The topological polar surface area (TPSA) is 53.6 Å². The van der Waals surface area contributed by atoms with Crippen LogP contribution < -0.4 is 15.4 Å². The Morgan fingerprint density at radius 3 is 2.79 bits per heavy atom. The summed E-state index contributed by atoms with van der Waals surface area (Å²) in [7, 11) is 1.66. The van der Waals surface area contributed by atoms with Gasteiger partial charge in [-0.05, 0) is 50.7 Å². The predicted molar refractivity (Wildman–Crippen MR) is 100 cm³/mol. The average molecular weight is 350 g/mol. The molecule has 132 valence electrons. The fourth-order valence-corrected chi connectivity index (χ4v) is 3.39. The minimum Gasteiger partial charge on any atom is -0.497 e. The standard InChI is InChI=1S/C18H27N3O2S/c1-5-19-18(24)21-10-15(13-7-6-8-14(9-13)23-4)16(11-21)17(22)20-12(2)3/h6-9,12,15-16H,5,10-11H2,1-4H3,(H,19,24)(H,20,22). The zero-order chi connectivity index (χ0) is 17.7. The molecule has 1 aliphatic heterocycles. The van der Waals surface area contributed by atoms with E-state index in [-0.39, 0.29) is 23.8 Å². The van der Waals surface area contributed by atoms with E-state index in [9.17, 15) is 4.79 Å². The Morgan fingerprint density at radius 2 is 2.17 bits per heavy atom. The van der Waals surface area contributed by atoms with Crippen LogP contribution in [-0.4, -0.2) is 48.7 Å². The number of hydrogen-bond donors (Lipinski definition) is 2. The first-order valence-electron chi connectivity index (χ1n) is 8.43. The Morgan fingerprint density at radius 1 is 1.42 bits per heavy atom. The molecular formula is C18H27N3O2S. The number of ether oxygens (including phenoxy) is 1. The van der Waals surface area contributed by atoms with E-state index in [1.165, 1.54) is 0 Å². The highest BCUT2D eigenvalue weighted by Crippen LogP contribution is 2.34. The monoisotopic (exact) mass is 349 g/mol. The molecule has 2 unspecified atom stereocenters. The molecule has 1 heterocycles. The van der Waals surface area contributed by atoms with Crippen LogP contribution in [0.5, 0.6) is 5.75 Å². The van der Waals surface area contributed by atoms with Crippen molar-refractivity contribution in [3.63, 3.8) is 0 Å². The highest BCUT2D eigenvalue weighted by atomic mass is 32.1. The number of carbonyl (C=O) groups is 1. The number of nitrogens with zero attached hydrogens (tertiary/aromatic N) is 1. The second-order valence-electron chi connectivity index (χ2n) is 6.39. The summed E-state index contributed by atoms with van der Waals surface area (Å²) in [6, 6.07) is 8.08. The maximum atomic E-state index is 12.7. The maximum Gasteiger partial charge on any atom is 0.225 e. The summed E-state index contributed by atoms with van der Waals surface area (Å²) in [6.45, 7) is 8.12. The quantitative estimate of drug-likeness (QED) is 0.798. The lowest BCUT2D eigenvalue weighted by molar-refractivity contribution is -0.125. The van der Waals surface area contributed by atoms with E-state index in [2.05, 4.69) is 21.6 Å². The molecule has 1 aliphatic rings. The predicted octanol–water partition coefficient (Wildman–Crippen LogP) is 2.13. The molecule has 1 amide bonds. The van der Waals surface area contributed by atoms with Gasteiger partial charge in [-0.15, -0.1) is 0 Å². The van der Waals surface area contributed by atoms with Gasteiger partial charge >= 0.3 is 0 Å². The summed E-state index contributed by atoms with van der Waals surface area (Å²) in [5.41, 5.74) is 1.11. The lowest BCUT2D eigenvalue weighted by Gasteiger charge is -2.20. The van der Waals surface area contributed by atoms with Crippen LogP contribution in [0.3, 0.4) is 0 Å². The number of hydrogen-bond acceptors (Lipinski definition) is 3. The minimum absolute atomic E-state index is 0.0830. The molecule has 0 radical (unpaired) electrons. The summed E-state index contributed by atoms with van der Waals surface area (Å²) < 4.78 is 5.34. The molecule has 1 aromatic rings. The molecule has 2 rings (SSSR count). The Bertz CT molecular complexity index is 591. The summed E-state index contributed by atoms with van der Waals surface area (Å²) in [4.78, 5) is 14.8. The van der Waals surface area contributed by atoms with Gasteiger partial charge in [0.1, 0.15) is 5.75 Å². The van der Waals surface area contributed by atoms with Crippen molar-refractivity contribution in [3.05, 3.63) is 29.8 Å². The second kappa shape index (κ2) is 8.33. The van der Waals surface area contributed by atoms with Crippen molar-refractivity contribution in [1.82, 2.24) is 15.5 Å². The molecule has 1 aromatic carbocycles. The normalized spacial score (nSPS) is 20.1. The molecule has 0 bridgehead atoms. The van der Waals surface area contributed by atoms with Crippen molar-refractivity contribution in [2.75, 3.05) is 26.7 Å². The molecule has 1 saturated heterocycles. The highest BCUT2D eigenvalue weighted by Gasteiger charge is 2.39. The molecule has 0 saturated carbocycles. The fraction of sp³-hybridized carbons (Fsp3) is 0.556. The number of benzene rings is 1. The Balaban J connectivity index is 2.25. The van der Waals surface area contributed by atoms with Gasteiger partial charge in [0.25, 0.3) is 0 Å². The van der Waals surface area contributed by atoms with Crippen LogP contribution in [-0.2, 0) is 4.79 Å². The molecule has 24 heavy (non-hydrogen) atoms. The number of rotatable bonds is 5. The Labute approximate surface area is 149 Å². The zero-order valence-corrected chi connectivity index (χ0v) is 15.7. The van der Waals surface area contributed by atoms with E-state index < -0.39 is 0 Å². The first kappa shape index (κ1) is 18.5. The number of amides is 1. The van der Waals surface area contributed by atoms with Gasteiger partial charge in [-0.2, -0.15) is 0 Å². The van der Waals surface area contributed by atoms with E-state index in [0.29, 0.717) is 11.7 Å². The van der Waals surface area contributed by atoms with Crippen LogP contribution in [0.25, 0.3) is 0 Å². The third-order valence-corrected chi connectivity index (χ3v) is 4.63. The van der Waals surface area contributed by atoms with Crippen molar-refractivity contribution >= 4 is 23.2 Å². The van der Waals surface area contributed by atoms with Gasteiger partial charge in [-0.1, -0.05) is 12.1 Å². The Kier molecular flexibility index (Phi) is 6.43. The zero-order valence-electron chi connectivity index (χ0n) is 14.8. The summed E-state index contributed by atoms with van der Waals surface area (Å²) >= 11 is 5.45. The lowest BCUT2D eigenvalue weighted by atomic mass is 9.88. The van der Waals surface area contributed by atoms with Crippen molar-refractivity contribution in [1.29, 1.82) is 0 Å². The lowest BCUT2D eigenvalue weighted by Crippen LogP contribution is -2.41. The molecule has 5 nitrogen and oxygen atoms in total. The Hall–Kier alpha value is -1.82. The second-order valence-corrected chi connectivity index (χ2v) is 6.78. The maximum absolute atomic E-state index is 12.7. The van der Waals surface area contributed by atoms with Gasteiger partial charge in [0, 0.05) is 31.6 Å². The van der Waals surface area contributed by atoms with Crippen LogP contribution in [0, 0.1) is 5.92 Å². The van der Waals surface area contributed by atoms with Crippen LogP contribution >= 0.6 is 12.2 Å². The van der Waals surface area contributed by atoms with Crippen molar-refractivity contribution in [2.24, 2.45) is 5.92 Å². The van der Waals surface area contributed by atoms with Crippen LogP contribution in [0.15, 0.2) is 24.3 Å². The SMILES string of the molecule is CCNC(=S)N1CC(C(=O)NC(C)C)C(c2cccc(OC)c2)C1. The molecule has 2 atom stereocenters. The molecule has 6 heteroatoms. The molecule has 1 fully saturated rings. The third kappa shape index (κ3) is 4.38. The summed E-state index contributed by atoms with van der Waals surface area (Å²) in [6.07, 6.45) is 0. The molecule has 0 spiro atoms. The van der Waals surface area contributed by atoms with Gasteiger partial charge < -0.3 is 20.3 Å². The van der Waals surface area contributed by atoms with Crippen LogP contribution in [0.1, 0.15) is 32.3 Å². The smallest absolute Gasteiger partial charge is 0.225 e. The molecule has 0 aromatic heterocycles. The van der Waals surface area contributed by atoms with Crippen LogP contribution in [0.2, 0.25) is 0 Å². The van der Waals surface area contributed by atoms with Crippen molar-refractivity contribution in [2.45, 2.75) is 32.7 Å². The molecule has 0 aliphatic carbocycles. The van der Waals surface area contributed by atoms with Gasteiger partial charge in [-0.3, -0.25) is 4.79 Å². The van der Waals surface area contributed by atoms with Gasteiger partial charge in [0.05, 0.1) is 13.0 Å². The highest BCUT2D eigenvalue weighted by molar-refractivity contribution is 7.80. The number of thiocarbonyl (C=S) groups is 1. The van der Waals surface area contributed by atoms with Gasteiger partial charge in [-0.25, -0.2) is 0 Å². The first-order valence-corrected chi connectivity index (χ1v) is 8.84. The minimum atomic E-state index is -0.129. The molecular weight excluding hydrogens is 322 g/mol. The fourth-order valence-electron chi connectivity index (χ4n) is 3.10. The van der Waals surface area contributed by atoms with Crippen molar-refractivity contribution in [3.8, 4) is 5.75 Å². The number of nitrogens with one attached hydrogen (secondary N) is 2.